The predicted octanol–water partition coefficient (Wildman–Crippen LogP) is 1.52. The molecule has 1 saturated carbocycles. The molecule has 2 fully saturated rings. The molecule has 1 saturated heterocycles. The third kappa shape index (κ3) is 2.94. The highest BCUT2D eigenvalue weighted by molar-refractivity contribution is 5.36. The van der Waals surface area contributed by atoms with Crippen LogP contribution in [0.5, 0.6) is 0 Å². The molecule has 1 aliphatic heterocycles. The molecule has 1 aromatic rings. The second kappa shape index (κ2) is 6.06. The van der Waals surface area contributed by atoms with Gasteiger partial charge in [0.05, 0.1) is 12.3 Å². The number of rotatable bonds is 5. The summed E-state index contributed by atoms with van der Waals surface area (Å²) in [5.41, 5.74) is 1.21. The normalized spacial score (nSPS) is 24.9. The van der Waals surface area contributed by atoms with Crippen molar-refractivity contribution in [2.45, 2.75) is 38.0 Å². The Balaban J connectivity index is 1.62. The molecule has 0 spiro atoms. The Kier molecular flexibility index (Phi) is 4.17. The van der Waals surface area contributed by atoms with Crippen LogP contribution in [0.4, 0.5) is 5.82 Å². The lowest BCUT2D eigenvalue weighted by molar-refractivity contribution is 0.0575. The molecule has 1 aliphatic carbocycles. The molecule has 0 aromatic carbocycles. The van der Waals surface area contributed by atoms with Crippen LogP contribution >= 0.6 is 0 Å². The summed E-state index contributed by atoms with van der Waals surface area (Å²) in [7, 11) is 0. The first-order valence-corrected chi connectivity index (χ1v) is 7.69. The number of nitrogens with one attached hydrogen (secondary N) is 2. The number of nitrogens with zero attached hydrogens (tertiary/aromatic N) is 2. The quantitative estimate of drug-likeness (QED) is 0.760. The minimum absolute atomic E-state index is 0.0809. The van der Waals surface area contributed by atoms with E-state index in [0.717, 1.165) is 44.0 Å². The molecule has 0 radical (unpaired) electrons. The van der Waals surface area contributed by atoms with Gasteiger partial charge in [0.1, 0.15) is 12.1 Å². The fourth-order valence-electron chi connectivity index (χ4n) is 3.14. The summed E-state index contributed by atoms with van der Waals surface area (Å²) in [5.74, 6) is 1.39. The Labute approximate surface area is 120 Å². The number of hydrogen-bond acceptors (Lipinski definition) is 5. The van der Waals surface area contributed by atoms with E-state index in [1.54, 1.807) is 6.33 Å². The van der Waals surface area contributed by atoms with Gasteiger partial charge in [-0.3, -0.25) is 0 Å². The van der Waals surface area contributed by atoms with Crippen molar-refractivity contribution in [2.75, 3.05) is 31.6 Å². The summed E-state index contributed by atoms with van der Waals surface area (Å²) in [6.45, 7) is 3.20. The first-order valence-electron chi connectivity index (χ1n) is 7.69. The summed E-state index contributed by atoms with van der Waals surface area (Å²) in [4.78, 5) is 8.73. The second-order valence-electron chi connectivity index (χ2n) is 6.24. The van der Waals surface area contributed by atoms with Gasteiger partial charge in [0.15, 0.2) is 0 Å². The van der Waals surface area contributed by atoms with Crippen LogP contribution in [0, 0.1) is 5.41 Å². The SMILES string of the molecule is OCC1(CNc2cc([C@@H]3CCCNC3)ncn2)CCC1. The Morgan fingerprint density at radius 2 is 2.25 bits per heavy atom. The minimum Gasteiger partial charge on any atom is -0.396 e. The van der Waals surface area contributed by atoms with Gasteiger partial charge in [-0.05, 0) is 32.2 Å². The summed E-state index contributed by atoms with van der Waals surface area (Å²) in [6, 6.07) is 2.07. The number of aromatic nitrogens is 2. The van der Waals surface area contributed by atoms with Gasteiger partial charge in [0.2, 0.25) is 0 Å². The predicted molar refractivity (Wildman–Crippen MR) is 78.7 cm³/mol. The van der Waals surface area contributed by atoms with Crippen molar-refractivity contribution in [3.63, 3.8) is 0 Å². The van der Waals surface area contributed by atoms with Crippen LogP contribution < -0.4 is 10.6 Å². The largest absolute Gasteiger partial charge is 0.396 e. The van der Waals surface area contributed by atoms with Crippen LogP contribution in [0.2, 0.25) is 0 Å². The van der Waals surface area contributed by atoms with Crippen molar-refractivity contribution in [3.05, 3.63) is 18.1 Å². The molecule has 5 heteroatoms. The van der Waals surface area contributed by atoms with Gasteiger partial charge in [-0.2, -0.15) is 0 Å². The molecule has 2 heterocycles. The minimum atomic E-state index is 0.0809. The molecule has 1 atom stereocenters. The summed E-state index contributed by atoms with van der Waals surface area (Å²) >= 11 is 0. The highest BCUT2D eigenvalue weighted by Crippen LogP contribution is 2.40. The molecule has 5 nitrogen and oxygen atoms in total. The Morgan fingerprint density at radius 1 is 1.35 bits per heavy atom. The molecule has 3 N–H and O–H groups in total. The van der Waals surface area contributed by atoms with E-state index in [4.69, 9.17) is 0 Å². The van der Waals surface area contributed by atoms with E-state index >= 15 is 0 Å². The van der Waals surface area contributed by atoms with Crippen LogP contribution in [-0.2, 0) is 0 Å². The van der Waals surface area contributed by atoms with Crippen molar-refractivity contribution in [1.29, 1.82) is 0 Å². The van der Waals surface area contributed by atoms with Crippen LogP contribution in [-0.4, -0.2) is 41.3 Å². The highest BCUT2D eigenvalue weighted by Gasteiger charge is 2.36. The van der Waals surface area contributed by atoms with Gasteiger partial charge in [-0.1, -0.05) is 6.42 Å². The molecule has 0 unspecified atom stereocenters. The van der Waals surface area contributed by atoms with E-state index in [1.807, 2.05) is 0 Å². The maximum atomic E-state index is 9.49. The zero-order valence-electron chi connectivity index (χ0n) is 11.9. The molecule has 0 bridgehead atoms. The standard InChI is InChI=1S/C15H24N4O/c20-10-15(4-2-5-15)9-17-14-7-13(18-11-19-14)12-3-1-6-16-8-12/h7,11-12,16,20H,1-6,8-10H2,(H,17,18,19)/t12-/m1/s1. The van der Waals surface area contributed by atoms with Crippen molar-refractivity contribution in [2.24, 2.45) is 5.41 Å². The average Bonchev–Trinajstić information content (AvgIpc) is 2.48. The Morgan fingerprint density at radius 3 is 2.90 bits per heavy atom. The Hall–Kier alpha value is -1.20. The van der Waals surface area contributed by atoms with E-state index in [9.17, 15) is 5.11 Å². The fraction of sp³-hybridized carbons (Fsp3) is 0.733. The van der Waals surface area contributed by atoms with Crippen molar-refractivity contribution >= 4 is 5.82 Å². The number of hydrogen-bond donors (Lipinski definition) is 3. The van der Waals surface area contributed by atoms with Gasteiger partial charge >= 0.3 is 0 Å². The number of aliphatic hydroxyl groups is 1. The lowest BCUT2D eigenvalue weighted by Crippen LogP contribution is -2.40. The van der Waals surface area contributed by atoms with Crippen LogP contribution in [0.15, 0.2) is 12.4 Å². The van der Waals surface area contributed by atoms with E-state index < -0.39 is 0 Å². The molecular weight excluding hydrogens is 252 g/mol. The maximum Gasteiger partial charge on any atom is 0.129 e. The zero-order chi connectivity index (χ0) is 13.8. The first-order chi connectivity index (χ1) is 9.81. The third-order valence-electron chi connectivity index (χ3n) is 4.80. The zero-order valence-corrected chi connectivity index (χ0v) is 11.9. The average molecular weight is 276 g/mol. The van der Waals surface area contributed by atoms with Gasteiger partial charge in [0.25, 0.3) is 0 Å². The topological polar surface area (TPSA) is 70.1 Å². The Bertz CT molecular complexity index is 436. The second-order valence-corrected chi connectivity index (χ2v) is 6.24. The van der Waals surface area contributed by atoms with Crippen LogP contribution in [0.1, 0.15) is 43.7 Å². The van der Waals surface area contributed by atoms with Gasteiger partial charge in [-0.15, -0.1) is 0 Å². The number of anilines is 1. The van der Waals surface area contributed by atoms with Crippen LogP contribution in [0.25, 0.3) is 0 Å². The van der Waals surface area contributed by atoms with Crippen molar-refractivity contribution in [3.8, 4) is 0 Å². The summed E-state index contributed by atoms with van der Waals surface area (Å²) < 4.78 is 0. The molecule has 0 amide bonds. The summed E-state index contributed by atoms with van der Waals surface area (Å²) in [6.07, 6.45) is 7.51. The first kappa shape index (κ1) is 13.8. The molecular formula is C15H24N4O. The van der Waals surface area contributed by atoms with Gasteiger partial charge in [0, 0.05) is 30.5 Å². The van der Waals surface area contributed by atoms with E-state index in [0.29, 0.717) is 5.92 Å². The summed E-state index contributed by atoms with van der Waals surface area (Å²) in [5, 5.41) is 16.3. The van der Waals surface area contributed by atoms with Crippen LogP contribution in [0.3, 0.4) is 0 Å². The van der Waals surface area contributed by atoms with E-state index in [-0.39, 0.29) is 12.0 Å². The van der Waals surface area contributed by atoms with Crippen molar-refractivity contribution in [1.82, 2.24) is 15.3 Å². The van der Waals surface area contributed by atoms with Crippen molar-refractivity contribution < 1.29 is 5.11 Å². The number of piperidine rings is 1. The highest BCUT2D eigenvalue weighted by atomic mass is 16.3. The number of aliphatic hydroxyl groups excluding tert-OH is 1. The molecule has 1 aromatic heterocycles. The smallest absolute Gasteiger partial charge is 0.129 e. The monoisotopic (exact) mass is 276 g/mol. The lowest BCUT2D eigenvalue weighted by atomic mass is 9.69. The molecule has 3 rings (SSSR count). The molecule has 2 aliphatic rings. The van der Waals surface area contributed by atoms with Gasteiger partial charge < -0.3 is 15.7 Å². The lowest BCUT2D eigenvalue weighted by Gasteiger charge is -2.40. The molecule has 20 heavy (non-hydrogen) atoms. The maximum absolute atomic E-state index is 9.49. The fourth-order valence-corrected chi connectivity index (χ4v) is 3.14. The third-order valence-corrected chi connectivity index (χ3v) is 4.80. The molecule has 110 valence electrons. The van der Waals surface area contributed by atoms with E-state index in [2.05, 4.69) is 26.7 Å². The van der Waals surface area contributed by atoms with Gasteiger partial charge in [-0.25, -0.2) is 9.97 Å². The van der Waals surface area contributed by atoms with E-state index in [1.165, 1.54) is 19.3 Å².